The Balaban J connectivity index is 2.46. The minimum Gasteiger partial charge on any atom is -0.477 e. The molecule has 0 spiro atoms. The number of unbranched alkanes of at least 4 members (excludes halogenated alkanes) is 4. The quantitative estimate of drug-likeness (QED) is 0.239. The maximum Gasteiger partial charge on any atom is 0.364 e. The third-order valence-electron chi connectivity index (χ3n) is 4.87. The fraction of sp³-hybridized carbons (Fsp3) is 0.700. The van der Waals surface area contributed by atoms with E-state index in [0.29, 0.717) is 6.42 Å². The van der Waals surface area contributed by atoms with Gasteiger partial charge in [0.05, 0.1) is 6.10 Å². The molecule has 0 saturated heterocycles. The average molecular weight is 368 g/mol. The Kier molecular flexibility index (Phi) is 9.76. The van der Waals surface area contributed by atoms with E-state index in [-0.39, 0.29) is 36.9 Å². The van der Waals surface area contributed by atoms with Crippen molar-refractivity contribution in [2.24, 2.45) is 11.8 Å². The number of carbonyl (C=O) groups is 2. The maximum atomic E-state index is 12.1. The maximum absolute atomic E-state index is 12.1. The van der Waals surface area contributed by atoms with E-state index in [9.17, 15) is 24.9 Å². The molecule has 3 atom stereocenters. The lowest BCUT2D eigenvalue weighted by molar-refractivity contribution is -0.205. The molecule has 0 aromatic rings. The highest BCUT2D eigenvalue weighted by Gasteiger charge is 2.39. The molecule has 0 radical (unpaired) electrons. The van der Waals surface area contributed by atoms with Gasteiger partial charge >= 0.3 is 5.97 Å². The predicted molar refractivity (Wildman–Crippen MR) is 98.3 cm³/mol. The smallest absolute Gasteiger partial charge is 0.364 e. The van der Waals surface area contributed by atoms with Crippen LogP contribution in [0.15, 0.2) is 24.3 Å². The van der Waals surface area contributed by atoms with Gasteiger partial charge in [-0.1, -0.05) is 50.5 Å². The van der Waals surface area contributed by atoms with Crippen molar-refractivity contribution in [3.63, 3.8) is 0 Å². The van der Waals surface area contributed by atoms with Crippen LogP contribution >= 0.6 is 0 Å². The van der Waals surface area contributed by atoms with Crippen molar-refractivity contribution in [1.29, 1.82) is 0 Å². The van der Waals surface area contributed by atoms with Gasteiger partial charge in [-0.3, -0.25) is 4.79 Å². The molecule has 1 aliphatic carbocycles. The Morgan fingerprint density at radius 2 is 1.88 bits per heavy atom. The van der Waals surface area contributed by atoms with Crippen LogP contribution < -0.4 is 0 Å². The molecule has 0 heterocycles. The van der Waals surface area contributed by atoms with Gasteiger partial charge in [-0.25, -0.2) is 4.79 Å². The fourth-order valence-corrected chi connectivity index (χ4v) is 3.22. The minimum atomic E-state index is -2.73. The number of hydrogen-bond acceptors (Lipinski definition) is 5. The Bertz CT molecular complexity index is 508. The number of carboxylic acid groups (broad SMARTS) is 1. The number of allylic oxidation sites excluding steroid dienone is 3. The van der Waals surface area contributed by atoms with E-state index in [0.717, 1.165) is 12.8 Å². The van der Waals surface area contributed by atoms with Crippen LogP contribution in [0.4, 0.5) is 0 Å². The van der Waals surface area contributed by atoms with Crippen LogP contribution in [0.1, 0.15) is 64.7 Å². The molecule has 6 heteroatoms. The van der Waals surface area contributed by atoms with Crippen molar-refractivity contribution in [1.82, 2.24) is 0 Å². The molecule has 0 aromatic carbocycles. The monoisotopic (exact) mass is 368 g/mol. The number of aliphatic hydroxyl groups excluding tert-OH is 1. The zero-order valence-corrected chi connectivity index (χ0v) is 15.5. The van der Waals surface area contributed by atoms with Crippen LogP contribution in [0.2, 0.25) is 0 Å². The molecule has 148 valence electrons. The van der Waals surface area contributed by atoms with Crippen molar-refractivity contribution in [3.8, 4) is 0 Å². The zero-order valence-electron chi connectivity index (χ0n) is 15.5. The summed E-state index contributed by atoms with van der Waals surface area (Å²) in [5.74, 6) is -4.84. The SMILES string of the molecule is CCCCCC/C=C/[C@H]1[C@H](O)CC(=O)[C@@H]1C/C=C\CCC(O)(O)C(=O)O. The first-order valence-corrected chi connectivity index (χ1v) is 9.50. The standard InChI is InChI=1S/C20H32O6/c1-2-3-4-5-6-8-11-15-16(18(22)14-17(15)21)12-9-7-10-13-20(25,26)19(23)24/h7-9,11,15-17,21,25-26H,2-6,10,12-14H2,1H3,(H,23,24)/b9-7-,11-8+/t15-,16-,17-/m1/s1. The topological polar surface area (TPSA) is 115 Å². The van der Waals surface area contributed by atoms with Crippen LogP contribution in [0.3, 0.4) is 0 Å². The van der Waals surface area contributed by atoms with Crippen molar-refractivity contribution < 1.29 is 30.0 Å². The average Bonchev–Trinajstić information content (AvgIpc) is 2.84. The van der Waals surface area contributed by atoms with Gasteiger partial charge in [0.1, 0.15) is 5.78 Å². The third kappa shape index (κ3) is 7.40. The number of hydrogen-bond donors (Lipinski definition) is 4. The highest BCUT2D eigenvalue weighted by Crippen LogP contribution is 2.33. The summed E-state index contributed by atoms with van der Waals surface area (Å²) in [5.41, 5.74) is 0. The molecule has 0 aromatic heterocycles. The minimum absolute atomic E-state index is 0.0342. The van der Waals surface area contributed by atoms with E-state index in [2.05, 4.69) is 13.0 Å². The lowest BCUT2D eigenvalue weighted by atomic mass is 9.90. The fourth-order valence-electron chi connectivity index (χ4n) is 3.22. The highest BCUT2D eigenvalue weighted by atomic mass is 16.5. The molecule has 4 N–H and O–H groups in total. The third-order valence-corrected chi connectivity index (χ3v) is 4.87. The summed E-state index contributed by atoms with van der Waals surface area (Å²) in [6, 6.07) is 0. The van der Waals surface area contributed by atoms with Gasteiger partial charge in [0.25, 0.3) is 5.79 Å². The summed E-state index contributed by atoms with van der Waals surface area (Å²) in [6.45, 7) is 2.16. The first kappa shape index (κ1) is 22.5. The van der Waals surface area contributed by atoms with E-state index >= 15 is 0 Å². The molecular formula is C20H32O6. The van der Waals surface area contributed by atoms with E-state index < -0.39 is 17.9 Å². The van der Waals surface area contributed by atoms with Gasteiger partial charge in [0.15, 0.2) is 0 Å². The number of ketones is 1. The second kappa shape index (κ2) is 11.3. The number of aliphatic carboxylic acids is 1. The Labute approximate surface area is 155 Å². The molecule has 1 rings (SSSR count). The summed E-state index contributed by atoms with van der Waals surface area (Å²) >= 11 is 0. The second-order valence-electron chi connectivity index (χ2n) is 7.07. The highest BCUT2D eigenvalue weighted by molar-refractivity contribution is 5.84. The van der Waals surface area contributed by atoms with Gasteiger partial charge in [0.2, 0.25) is 0 Å². The van der Waals surface area contributed by atoms with Crippen molar-refractivity contribution in [3.05, 3.63) is 24.3 Å². The number of aliphatic hydroxyl groups is 3. The summed E-state index contributed by atoms with van der Waals surface area (Å²) in [4.78, 5) is 22.7. The Morgan fingerprint density at radius 3 is 2.54 bits per heavy atom. The molecule has 0 aliphatic heterocycles. The molecule has 0 unspecified atom stereocenters. The van der Waals surface area contributed by atoms with Gasteiger partial charge in [-0.2, -0.15) is 0 Å². The van der Waals surface area contributed by atoms with Gasteiger partial charge in [-0.05, 0) is 25.7 Å². The first-order chi connectivity index (χ1) is 12.3. The van der Waals surface area contributed by atoms with Crippen molar-refractivity contribution in [2.45, 2.75) is 76.6 Å². The lowest BCUT2D eigenvalue weighted by Gasteiger charge is -2.16. The summed E-state index contributed by atoms with van der Waals surface area (Å²) < 4.78 is 0. The van der Waals surface area contributed by atoms with E-state index in [1.54, 1.807) is 12.2 Å². The van der Waals surface area contributed by atoms with E-state index in [1.807, 2.05) is 6.08 Å². The largest absolute Gasteiger partial charge is 0.477 e. The van der Waals surface area contributed by atoms with Crippen LogP contribution in [0.5, 0.6) is 0 Å². The van der Waals surface area contributed by atoms with Gasteiger partial charge < -0.3 is 20.4 Å². The summed E-state index contributed by atoms with van der Waals surface area (Å²) in [6.07, 6.45) is 12.9. The summed E-state index contributed by atoms with van der Waals surface area (Å²) in [5, 5.41) is 37.2. The van der Waals surface area contributed by atoms with Gasteiger partial charge in [-0.15, -0.1) is 0 Å². The zero-order chi connectivity index (χ0) is 19.6. The first-order valence-electron chi connectivity index (χ1n) is 9.50. The van der Waals surface area contributed by atoms with Crippen LogP contribution in [0, 0.1) is 11.8 Å². The van der Waals surface area contributed by atoms with Gasteiger partial charge in [0, 0.05) is 24.7 Å². The van der Waals surface area contributed by atoms with Crippen molar-refractivity contribution in [2.75, 3.05) is 0 Å². The summed E-state index contributed by atoms with van der Waals surface area (Å²) in [7, 11) is 0. The Hall–Kier alpha value is -1.50. The van der Waals surface area contributed by atoms with E-state index in [4.69, 9.17) is 5.11 Å². The Morgan fingerprint density at radius 1 is 1.15 bits per heavy atom. The molecular weight excluding hydrogens is 336 g/mol. The molecule has 1 fully saturated rings. The number of Topliss-reactive ketones (excluding diaryl/α,β-unsaturated/α-hetero) is 1. The molecule has 6 nitrogen and oxygen atoms in total. The lowest BCUT2D eigenvalue weighted by Crippen LogP contribution is -2.37. The van der Waals surface area contributed by atoms with E-state index in [1.165, 1.54) is 19.3 Å². The van der Waals surface area contributed by atoms with Crippen molar-refractivity contribution >= 4 is 11.8 Å². The predicted octanol–water partition coefficient (Wildman–Crippen LogP) is 2.57. The molecule has 0 bridgehead atoms. The molecule has 1 saturated carbocycles. The second-order valence-corrected chi connectivity index (χ2v) is 7.07. The molecule has 0 amide bonds. The van der Waals surface area contributed by atoms with Crippen LogP contribution in [-0.2, 0) is 9.59 Å². The molecule has 26 heavy (non-hydrogen) atoms. The number of rotatable bonds is 12. The van der Waals surface area contributed by atoms with Crippen LogP contribution in [0.25, 0.3) is 0 Å². The van der Waals surface area contributed by atoms with Crippen LogP contribution in [-0.4, -0.2) is 44.1 Å². The number of carbonyl (C=O) groups excluding carboxylic acids is 1. The molecule has 1 aliphatic rings. The number of carboxylic acids is 1. The normalized spacial score (nSPS) is 24.2.